The lowest BCUT2D eigenvalue weighted by Crippen LogP contribution is -2.43. The lowest BCUT2D eigenvalue weighted by molar-refractivity contribution is -0.124. The Bertz CT molecular complexity index is 2620. The van der Waals surface area contributed by atoms with Crippen molar-refractivity contribution in [2.24, 2.45) is 0 Å². The third kappa shape index (κ3) is 53.8. The fourth-order valence-corrected chi connectivity index (χ4v) is 12.1. The lowest BCUT2D eigenvalue weighted by Gasteiger charge is -2.23. The monoisotopic (exact) mass is 1470 g/mol. The number of benzene rings is 2. The SMILES string of the molecule is CCCCCCCCCCCCCCCC(=O)NCCOCCC(=O)NCCOCCC(=O)NCCN(CCNC(=O)CCOCCNC(=O)CCOCCNC(=O)CCCCCCCCCCCCCCC)C(=O)c1ccc(C(=O)NCCCC(=O)Nc2ccc(/C(=C\C#N)SC(C)C)cc2)cc1. The van der Waals surface area contributed by atoms with Crippen LogP contribution in [0.25, 0.3) is 4.91 Å². The van der Waals surface area contributed by atoms with Crippen LogP contribution in [-0.2, 0) is 52.5 Å². The first-order valence-corrected chi connectivity index (χ1v) is 40.3. The number of carbonyl (C=O) groups excluding carboxylic acids is 9. The molecular weight excluding hydrogens is 1340 g/mol. The Hall–Kier alpha value is -6.91. The van der Waals surface area contributed by atoms with E-state index >= 15 is 0 Å². The van der Waals surface area contributed by atoms with Crippen molar-refractivity contribution in [1.29, 1.82) is 5.26 Å². The van der Waals surface area contributed by atoms with Gasteiger partial charge < -0.3 is 66.4 Å². The van der Waals surface area contributed by atoms with Crippen molar-refractivity contribution in [3.63, 3.8) is 0 Å². The van der Waals surface area contributed by atoms with Gasteiger partial charge >= 0.3 is 0 Å². The van der Waals surface area contributed by atoms with E-state index in [1.807, 2.05) is 26.0 Å². The number of anilines is 1. The van der Waals surface area contributed by atoms with E-state index in [9.17, 15) is 48.4 Å². The van der Waals surface area contributed by atoms with Gasteiger partial charge in [-0.25, -0.2) is 0 Å². The van der Waals surface area contributed by atoms with Gasteiger partial charge in [-0.15, -0.1) is 11.8 Å². The molecule has 2 aromatic rings. The van der Waals surface area contributed by atoms with Crippen LogP contribution in [0.2, 0.25) is 0 Å². The molecule has 9 amide bonds. The molecule has 23 nitrogen and oxygen atoms in total. The normalized spacial score (nSPS) is 11.2. The Labute approximate surface area is 627 Å². The summed E-state index contributed by atoms with van der Waals surface area (Å²) in [6.07, 6.45) is 36.1. The lowest BCUT2D eigenvalue weighted by atomic mass is 10.0. The summed E-state index contributed by atoms with van der Waals surface area (Å²) in [5, 5.41) is 32.1. The van der Waals surface area contributed by atoms with Crippen LogP contribution in [0.15, 0.2) is 54.6 Å². The quantitative estimate of drug-likeness (QED) is 0.0225. The molecule has 24 heteroatoms. The largest absolute Gasteiger partial charge is 0.379 e. The molecule has 2 rings (SSSR count). The van der Waals surface area contributed by atoms with Crippen molar-refractivity contribution in [3.05, 3.63) is 71.3 Å². The van der Waals surface area contributed by atoms with Gasteiger partial charge in [-0.3, -0.25) is 43.2 Å². The van der Waals surface area contributed by atoms with Gasteiger partial charge in [-0.2, -0.15) is 5.26 Å². The van der Waals surface area contributed by atoms with E-state index in [0.29, 0.717) is 62.1 Å². The van der Waals surface area contributed by atoms with Crippen LogP contribution < -0.4 is 42.5 Å². The average molecular weight is 1470 g/mol. The van der Waals surface area contributed by atoms with Crippen molar-refractivity contribution < 1.29 is 62.1 Å². The molecule has 0 unspecified atom stereocenters. The summed E-state index contributed by atoms with van der Waals surface area (Å²) in [4.78, 5) is 117. The van der Waals surface area contributed by atoms with Gasteiger partial charge in [0.2, 0.25) is 41.4 Å². The maximum atomic E-state index is 14.0. The van der Waals surface area contributed by atoms with E-state index in [1.165, 1.54) is 176 Å². The van der Waals surface area contributed by atoms with E-state index in [4.69, 9.17) is 18.9 Å². The van der Waals surface area contributed by atoms with Crippen LogP contribution in [0.4, 0.5) is 5.69 Å². The van der Waals surface area contributed by atoms with Crippen molar-refractivity contribution in [3.8, 4) is 6.07 Å². The molecular formula is C80H132N10O13S. The van der Waals surface area contributed by atoms with Crippen LogP contribution in [0.1, 0.15) is 272 Å². The topological polar surface area (TPSA) is 314 Å². The molecule has 0 aliphatic rings. The van der Waals surface area contributed by atoms with Gasteiger partial charge in [-0.1, -0.05) is 194 Å². The number of unbranched alkanes of at least 4 members (excludes halogenated alkanes) is 24. The molecule has 0 spiro atoms. The highest BCUT2D eigenvalue weighted by atomic mass is 32.2. The van der Waals surface area contributed by atoms with Crippen LogP contribution in [-0.4, -0.2) is 175 Å². The van der Waals surface area contributed by atoms with Crippen LogP contribution >= 0.6 is 11.8 Å². The smallest absolute Gasteiger partial charge is 0.253 e. The zero-order valence-electron chi connectivity index (χ0n) is 63.9. The number of nitriles is 1. The third-order valence-electron chi connectivity index (χ3n) is 17.1. The number of nitrogens with zero attached hydrogens (tertiary/aromatic N) is 2. The maximum absolute atomic E-state index is 14.0. The second-order valence-corrected chi connectivity index (χ2v) is 28.3. The zero-order chi connectivity index (χ0) is 75.6. The molecule has 0 radical (unpaired) electrons. The highest BCUT2D eigenvalue weighted by Gasteiger charge is 2.19. The van der Waals surface area contributed by atoms with Gasteiger partial charge in [0.25, 0.3) is 11.8 Å². The molecule has 0 saturated carbocycles. The second kappa shape index (κ2) is 65.6. The summed E-state index contributed by atoms with van der Waals surface area (Å²) in [7, 11) is 0. The zero-order valence-corrected chi connectivity index (χ0v) is 64.8. The van der Waals surface area contributed by atoms with Crippen molar-refractivity contribution in [2.45, 2.75) is 251 Å². The van der Waals surface area contributed by atoms with Gasteiger partial charge in [0.15, 0.2) is 0 Å². The predicted molar refractivity (Wildman–Crippen MR) is 416 cm³/mol. The van der Waals surface area contributed by atoms with Crippen molar-refractivity contribution in [1.82, 2.24) is 42.1 Å². The predicted octanol–water partition coefficient (Wildman–Crippen LogP) is 12.6. The molecule has 0 heterocycles. The number of thioether (sulfide) groups is 1. The highest BCUT2D eigenvalue weighted by molar-refractivity contribution is 8.08. The Kier molecular flexibility index (Phi) is 58.8. The first kappa shape index (κ1) is 93.2. The van der Waals surface area contributed by atoms with Crippen LogP contribution in [0, 0.1) is 11.3 Å². The number of hydrogen-bond acceptors (Lipinski definition) is 15. The Balaban J connectivity index is 1.71. The summed E-state index contributed by atoms with van der Waals surface area (Å²) in [5.41, 5.74) is 2.06. The number of ether oxygens (including phenoxy) is 4. The Morgan fingerprint density at radius 1 is 0.375 bits per heavy atom. The van der Waals surface area contributed by atoms with E-state index in [0.717, 1.165) is 36.2 Å². The summed E-state index contributed by atoms with van der Waals surface area (Å²) < 4.78 is 22.2. The number of allylic oxidation sites excluding steroid dienone is 1. The summed E-state index contributed by atoms with van der Waals surface area (Å²) in [6.45, 7) is 12.0. The minimum atomic E-state index is -0.401. The summed E-state index contributed by atoms with van der Waals surface area (Å²) in [6, 6.07) is 15.5. The maximum Gasteiger partial charge on any atom is 0.253 e. The molecule has 0 aliphatic heterocycles. The van der Waals surface area contributed by atoms with Crippen LogP contribution in [0.5, 0.6) is 0 Å². The fourth-order valence-electron chi connectivity index (χ4n) is 11.2. The molecule has 0 bridgehead atoms. The Morgan fingerprint density at radius 2 is 0.692 bits per heavy atom. The molecule has 586 valence electrons. The average Bonchev–Trinajstić information content (AvgIpc) is 0.852. The van der Waals surface area contributed by atoms with Gasteiger partial charge in [0, 0.05) is 137 Å². The van der Waals surface area contributed by atoms with Gasteiger partial charge in [0.05, 0.1) is 58.9 Å². The molecule has 0 aromatic heterocycles. The van der Waals surface area contributed by atoms with E-state index < -0.39 is 5.91 Å². The summed E-state index contributed by atoms with van der Waals surface area (Å²) in [5.74, 6) is -2.02. The number of rotatable bonds is 68. The first-order chi connectivity index (χ1) is 50.6. The standard InChI is InChI=1S/C80H132N10O13S/c1-5-7-9-11-13-15-17-19-21-23-25-27-29-32-72(91)84-52-62-102-60-46-76(95)86-54-64-100-58-44-74(93)82-50-56-90(80(99)69-37-35-68(36-38-69)79(98)88-49-31-34-78(97)89-70-41-39-67(40-42-70)71(43-48-81)104-66(3)4)57-51-83-75(94)45-59-101-65-55-87-77(96)47-61-103-63-53-85-73(92)33-30-28-26-24-22-20-18-16-14-12-10-8-6-2/h35-43,66H,5-34,44-47,49-65H2,1-4H3,(H,82,93)(H,83,94)(H,84,91)(H,85,92)(H,86,95)(H,87,96)(H,88,98)(H,89,97)/b71-43+. The number of amides is 9. The van der Waals surface area contributed by atoms with Crippen molar-refractivity contribution in [2.75, 3.05) is 117 Å². The van der Waals surface area contributed by atoms with E-state index in [2.05, 4.69) is 62.5 Å². The van der Waals surface area contributed by atoms with Gasteiger partial charge in [0.1, 0.15) is 0 Å². The molecule has 104 heavy (non-hydrogen) atoms. The third-order valence-corrected chi connectivity index (χ3v) is 18.2. The van der Waals surface area contributed by atoms with E-state index in [-0.39, 0.29) is 170 Å². The molecule has 2 aromatic carbocycles. The molecule has 8 N–H and O–H groups in total. The summed E-state index contributed by atoms with van der Waals surface area (Å²) >= 11 is 1.58. The molecule has 0 aliphatic carbocycles. The van der Waals surface area contributed by atoms with E-state index in [1.54, 1.807) is 23.9 Å². The Morgan fingerprint density at radius 3 is 1.05 bits per heavy atom. The highest BCUT2D eigenvalue weighted by Crippen LogP contribution is 2.31. The number of carbonyl (C=O) groups is 9. The minimum Gasteiger partial charge on any atom is -0.379 e. The fraction of sp³-hybridized carbons (Fsp3) is 0.700. The molecule has 0 atom stereocenters. The molecule has 0 saturated heterocycles. The van der Waals surface area contributed by atoms with Gasteiger partial charge in [-0.05, 0) is 61.2 Å². The number of nitrogens with one attached hydrogen (secondary N) is 8. The molecule has 0 fully saturated rings. The second-order valence-electron chi connectivity index (χ2n) is 26.7. The van der Waals surface area contributed by atoms with Crippen LogP contribution in [0.3, 0.4) is 0 Å². The first-order valence-electron chi connectivity index (χ1n) is 39.4. The minimum absolute atomic E-state index is 0.0186. The van der Waals surface area contributed by atoms with Crippen molar-refractivity contribution >= 4 is 75.5 Å². The number of hydrogen-bond donors (Lipinski definition) is 8.